The molecule has 0 aliphatic carbocycles. The molecule has 1 unspecified atom stereocenters. The Morgan fingerprint density at radius 3 is 2.59 bits per heavy atom. The van der Waals surface area contributed by atoms with Gasteiger partial charge in [0.15, 0.2) is 0 Å². The second kappa shape index (κ2) is 6.04. The summed E-state index contributed by atoms with van der Waals surface area (Å²) in [6, 6.07) is 1.31. The van der Waals surface area contributed by atoms with E-state index in [0.717, 1.165) is 25.9 Å². The molecule has 0 spiro atoms. The summed E-state index contributed by atoms with van der Waals surface area (Å²) in [4.78, 5) is 23.1. The van der Waals surface area contributed by atoms with Crippen molar-refractivity contribution in [3.63, 3.8) is 0 Å². The first-order chi connectivity index (χ1) is 10.6. The van der Waals surface area contributed by atoms with Crippen LogP contribution in [0.15, 0.2) is 6.20 Å². The van der Waals surface area contributed by atoms with Gasteiger partial charge in [-0.25, -0.2) is 4.98 Å². The van der Waals surface area contributed by atoms with Gasteiger partial charge in [-0.3, -0.25) is 15.0 Å². The van der Waals surface area contributed by atoms with Gasteiger partial charge in [-0.15, -0.1) is 0 Å². The number of nitrogens with two attached hydrogens (primary N) is 1. The molecule has 3 heterocycles. The molecule has 2 aliphatic heterocycles. The van der Waals surface area contributed by atoms with Crippen LogP contribution in [0, 0.1) is 10.1 Å². The molecule has 1 aromatic rings. The maximum absolute atomic E-state index is 10.8. The normalized spacial score (nSPS) is 23.9. The molecule has 8 nitrogen and oxygen atoms in total. The largest absolute Gasteiger partial charge is 0.378 e. The molecule has 2 saturated heterocycles. The van der Waals surface area contributed by atoms with Crippen LogP contribution in [0.2, 0.25) is 0 Å². The zero-order valence-corrected chi connectivity index (χ0v) is 12.8. The van der Waals surface area contributed by atoms with Crippen molar-refractivity contribution in [1.82, 2.24) is 14.9 Å². The lowest BCUT2D eigenvalue weighted by atomic mass is 10.0. The minimum Gasteiger partial charge on any atom is -0.378 e. The minimum atomic E-state index is -0.555. The molecule has 1 atom stereocenters. The first-order valence-corrected chi connectivity index (χ1v) is 7.84. The van der Waals surface area contributed by atoms with Crippen molar-refractivity contribution < 1.29 is 4.92 Å². The number of likely N-dealkylation sites (tertiary alicyclic amines) is 1. The van der Waals surface area contributed by atoms with Gasteiger partial charge in [-0.05, 0) is 39.2 Å². The molecule has 8 heteroatoms. The van der Waals surface area contributed by atoms with E-state index in [1.54, 1.807) is 0 Å². The fraction of sp³-hybridized carbons (Fsp3) is 0.714. The van der Waals surface area contributed by atoms with E-state index in [2.05, 4.69) is 26.7 Å². The third-order valence-corrected chi connectivity index (χ3v) is 4.80. The van der Waals surface area contributed by atoms with Crippen molar-refractivity contribution in [2.24, 2.45) is 0 Å². The van der Waals surface area contributed by atoms with Gasteiger partial charge in [0.05, 0.1) is 4.92 Å². The highest BCUT2D eigenvalue weighted by Gasteiger charge is 2.31. The number of hydrogen-bond acceptors (Lipinski definition) is 7. The Bertz CT molecular complexity index is 558. The Balaban J connectivity index is 1.64. The minimum absolute atomic E-state index is 0.0645. The number of nitro groups is 1. The Morgan fingerprint density at radius 2 is 2.05 bits per heavy atom. The predicted octanol–water partition coefficient (Wildman–Crippen LogP) is 1.42. The highest BCUT2D eigenvalue weighted by molar-refractivity contribution is 5.53. The van der Waals surface area contributed by atoms with Gasteiger partial charge in [-0.1, -0.05) is 0 Å². The average Bonchev–Trinajstić information content (AvgIpc) is 2.93. The molecule has 3 rings (SSSR count). The van der Waals surface area contributed by atoms with Gasteiger partial charge in [-0.2, -0.15) is 4.98 Å². The summed E-state index contributed by atoms with van der Waals surface area (Å²) in [5.74, 6) is 0.432. The second-order valence-corrected chi connectivity index (χ2v) is 6.14. The van der Waals surface area contributed by atoms with Gasteiger partial charge < -0.3 is 10.6 Å². The maximum Gasteiger partial charge on any atom is 0.329 e. The number of piperidine rings is 1. The average molecular weight is 306 g/mol. The molecule has 2 N–H and O–H groups in total. The third-order valence-electron chi connectivity index (χ3n) is 4.80. The van der Waals surface area contributed by atoms with Gasteiger partial charge in [0, 0.05) is 25.2 Å². The highest BCUT2D eigenvalue weighted by Crippen LogP contribution is 2.27. The number of hydrogen-bond donors (Lipinski definition) is 1. The van der Waals surface area contributed by atoms with Crippen LogP contribution in [0.1, 0.15) is 32.6 Å². The van der Waals surface area contributed by atoms with Crippen LogP contribution in [0.5, 0.6) is 0 Å². The first-order valence-electron chi connectivity index (χ1n) is 7.84. The van der Waals surface area contributed by atoms with Crippen molar-refractivity contribution in [3.05, 3.63) is 16.3 Å². The van der Waals surface area contributed by atoms with Crippen molar-refractivity contribution in [1.29, 1.82) is 0 Å². The van der Waals surface area contributed by atoms with Crippen LogP contribution in [0.3, 0.4) is 0 Å². The lowest BCUT2D eigenvalue weighted by Gasteiger charge is -2.38. The maximum atomic E-state index is 10.8. The molecule has 1 aromatic heterocycles. The zero-order valence-electron chi connectivity index (χ0n) is 12.8. The summed E-state index contributed by atoms with van der Waals surface area (Å²) >= 11 is 0. The summed E-state index contributed by atoms with van der Waals surface area (Å²) in [5.41, 5.74) is 5.41. The van der Waals surface area contributed by atoms with Crippen LogP contribution in [-0.2, 0) is 0 Å². The number of aromatic nitrogens is 2. The van der Waals surface area contributed by atoms with E-state index in [-0.39, 0.29) is 11.5 Å². The summed E-state index contributed by atoms with van der Waals surface area (Å²) in [6.07, 6.45) is 5.94. The van der Waals surface area contributed by atoms with E-state index in [9.17, 15) is 10.1 Å². The molecular weight excluding hydrogens is 284 g/mol. The van der Waals surface area contributed by atoms with E-state index >= 15 is 0 Å². The fourth-order valence-corrected chi connectivity index (χ4v) is 3.57. The quantitative estimate of drug-likeness (QED) is 0.665. The van der Waals surface area contributed by atoms with Gasteiger partial charge in [0.25, 0.3) is 0 Å². The molecule has 0 saturated carbocycles. The van der Waals surface area contributed by atoms with Crippen LogP contribution in [-0.4, -0.2) is 51.5 Å². The molecule has 2 aliphatic rings. The highest BCUT2D eigenvalue weighted by atomic mass is 16.6. The number of rotatable bonds is 3. The van der Waals surface area contributed by atoms with Gasteiger partial charge in [0.2, 0.25) is 11.8 Å². The summed E-state index contributed by atoms with van der Waals surface area (Å²) in [6.45, 7) is 5.24. The Hall–Kier alpha value is -1.96. The molecule has 0 aromatic carbocycles. The van der Waals surface area contributed by atoms with E-state index in [1.165, 1.54) is 25.6 Å². The number of nitrogen functional groups attached to an aromatic ring is 1. The van der Waals surface area contributed by atoms with E-state index in [4.69, 9.17) is 5.73 Å². The van der Waals surface area contributed by atoms with Gasteiger partial charge in [0.1, 0.15) is 6.20 Å². The molecular formula is C14H22N6O2. The predicted molar refractivity (Wildman–Crippen MR) is 83.7 cm³/mol. The van der Waals surface area contributed by atoms with Crippen molar-refractivity contribution in [2.75, 3.05) is 30.3 Å². The van der Waals surface area contributed by atoms with E-state index in [0.29, 0.717) is 18.0 Å². The number of anilines is 2. The summed E-state index contributed by atoms with van der Waals surface area (Å²) < 4.78 is 0. The van der Waals surface area contributed by atoms with Crippen molar-refractivity contribution in [2.45, 2.75) is 44.7 Å². The van der Waals surface area contributed by atoms with Gasteiger partial charge >= 0.3 is 5.69 Å². The third kappa shape index (κ3) is 2.83. The smallest absolute Gasteiger partial charge is 0.329 e. The summed E-state index contributed by atoms with van der Waals surface area (Å²) in [5, 5.41) is 10.8. The monoisotopic (exact) mass is 306 g/mol. The molecule has 0 amide bonds. The topological polar surface area (TPSA) is 101 Å². The molecule has 0 bridgehead atoms. The molecule has 0 radical (unpaired) electrons. The van der Waals surface area contributed by atoms with Crippen LogP contribution in [0.4, 0.5) is 17.5 Å². The molecule has 22 heavy (non-hydrogen) atoms. The van der Waals surface area contributed by atoms with Crippen molar-refractivity contribution >= 4 is 17.5 Å². The zero-order chi connectivity index (χ0) is 15.7. The molecule has 120 valence electrons. The second-order valence-electron chi connectivity index (χ2n) is 6.14. The van der Waals surface area contributed by atoms with E-state index < -0.39 is 4.92 Å². The fourth-order valence-electron chi connectivity index (χ4n) is 3.57. The standard InChI is InChI=1S/C14H22N6O2/c1-10-3-2-6-19(10)11-4-7-18(8-5-11)14-16-9-12(20(21)22)13(15)17-14/h9-11H,2-8H2,1H3,(H2,15,16,17). The lowest BCUT2D eigenvalue weighted by molar-refractivity contribution is -0.384. The SMILES string of the molecule is CC1CCCN1C1CCN(c2ncc([N+](=O)[O-])c(N)n2)CC1. The Kier molecular flexibility index (Phi) is 4.10. The first kappa shape index (κ1) is 15.0. The Labute approximate surface area is 129 Å². The van der Waals surface area contributed by atoms with Crippen LogP contribution >= 0.6 is 0 Å². The lowest BCUT2D eigenvalue weighted by Crippen LogP contribution is -2.46. The van der Waals surface area contributed by atoms with Crippen LogP contribution < -0.4 is 10.6 Å². The van der Waals surface area contributed by atoms with Crippen molar-refractivity contribution in [3.8, 4) is 0 Å². The summed E-state index contributed by atoms with van der Waals surface area (Å²) in [7, 11) is 0. The number of nitrogens with zero attached hydrogens (tertiary/aromatic N) is 5. The Morgan fingerprint density at radius 1 is 1.32 bits per heavy atom. The molecule has 2 fully saturated rings. The van der Waals surface area contributed by atoms with Crippen LogP contribution in [0.25, 0.3) is 0 Å². The van der Waals surface area contributed by atoms with E-state index in [1.807, 2.05) is 0 Å².